The van der Waals surface area contributed by atoms with Crippen molar-refractivity contribution < 1.29 is 5.11 Å². The molecular formula is C3H8N2O. The average molecular weight is 88.1 g/mol. The van der Waals surface area contributed by atoms with Gasteiger partial charge in [0.05, 0.1) is 6.54 Å². The van der Waals surface area contributed by atoms with Crippen LogP contribution in [0.3, 0.4) is 0 Å². The lowest BCUT2D eigenvalue weighted by Crippen LogP contribution is -2.23. The van der Waals surface area contributed by atoms with E-state index in [0.717, 1.165) is 0 Å². The molecule has 0 heterocycles. The highest BCUT2D eigenvalue weighted by Gasteiger charge is 1.77. The molecule has 0 atom stereocenters. The zero-order valence-electron chi connectivity index (χ0n) is 3.44. The Morgan fingerprint density at radius 2 is 2.50 bits per heavy atom. The van der Waals surface area contributed by atoms with Crippen molar-refractivity contribution in [1.29, 1.82) is 0 Å². The first-order valence-corrected chi connectivity index (χ1v) is 1.57. The van der Waals surface area contributed by atoms with Gasteiger partial charge in [-0.05, 0) is 0 Å². The van der Waals surface area contributed by atoms with Crippen LogP contribution in [0.2, 0.25) is 0 Å². The molecule has 0 aromatic rings. The smallest absolute Gasteiger partial charge is 0.100 e. The van der Waals surface area contributed by atoms with Gasteiger partial charge in [-0.15, -0.1) is 0 Å². The van der Waals surface area contributed by atoms with Crippen molar-refractivity contribution in [3.63, 3.8) is 0 Å². The molecule has 0 aromatic heterocycles. The van der Waals surface area contributed by atoms with Gasteiger partial charge in [-0.2, -0.15) is 0 Å². The van der Waals surface area contributed by atoms with Crippen LogP contribution in [0.4, 0.5) is 0 Å². The highest BCUT2D eigenvalue weighted by molar-refractivity contribution is 4.79. The van der Waals surface area contributed by atoms with Gasteiger partial charge in [0, 0.05) is 0 Å². The lowest BCUT2D eigenvalue weighted by Gasteiger charge is -1.90. The van der Waals surface area contributed by atoms with Crippen LogP contribution in [-0.4, -0.2) is 11.7 Å². The van der Waals surface area contributed by atoms with Gasteiger partial charge in [0.2, 0.25) is 0 Å². The number of hydrogen-bond acceptors (Lipinski definition) is 3. The number of aliphatic hydroxyl groups is 1. The minimum absolute atomic E-state index is 0.0532. The number of hydrogen-bond donors (Lipinski definition) is 3. The Morgan fingerprint density at radius 3 is 2.50 bits per heavy atom. The molecule has 0 bridgehead atoms. The average Bonchev–Trinajstić information content (AvgIpc) is 1.35. The number of nitrogens with two attached hydrogens (primary N) is 1. The van der Waals surface area contributed by atoms with Gasteiger partial charge in [-0.3, -0.25) is 11.3 Å². The minimum Gasteiger partial charge on any atom is -0.512 e. The van der Waals surface area contributed by atoms with E-state index in [2.05, 4.69) is 12.0 Å². The summed E-state index contributed by atoms with van der Waals surface area (Å²) < 4.78 is 0. The molecule has 0 aromatic carbocycles. The largest absolute Gasteiger partial charge is 0.512 e. The van der Waals surface area contributed by atoms with E-state index in [1.807, 2.05) is 0 Å². The fourth-order valence-corrected chi connectivity index (χ4v) is 0.118. The fraction of sp³-hybridized carbons (Fsp3) is 0.333. The lowest BCUT2D eigenvalue weighted by atomic mass is 10.6. The Hall–Kier alpha value is -0.540. The Morgan fingerprint density at radius 1 is 2.00 bits per heavy atom. The van der Waals surface area contributed by atoms with Crippen molar-refractivity contribution in [3.8, 4) is 0 Å². The molecule has 0 rings (SSSR count). The molecule has 0 saturated carbocycles. The van der Waals surface area contributed by atoms with Crippen LogP contribution in [0.25, 0.3) is 0 Å². The van der Waals surface area contributed by atoms with E-state index >= 15 is 0 Å². The van der Waals surface area contributed by atoms with Crippen LogP contribution in [0.15, 0.2) is 12.3 Å². The molecule has 0 unspecified atom stereocenters. The van der Waals surface area contributed by atoms with Gasteiger partial charge in [-0.1, -0.05) is 6.58 Å². The first-order valence-electron chi connectivity index (χ1n) is 1.57. The second kappa shape index (κ2) is 2.68. The molecule has 36 valence electrons. The van der Waals surface area contributed by atoms with E-state index in [1.54, 1.807) is 0 Å². The van der Waals surface area contributed by atoms with Crippen LogP contribution < -0.4 is 11.3 Å². The zero-order valence-corrected chi connectivity index (χ0v) is 3.44. The molecule has 6 heavy (non-hydrogen) atoms. The lowest BCUT2D eigenvalue weighted by molar-refractivity contribution is 0.393. The summed E-state index contributed by atoms with van der Waals surface area (Å²) in [6.45, 7) is 3.42. The molecule has 4 N–H and O–H groups in total. The first-order chi connectivity index (χ1) is 2.77. The number of nitrogens with one attached hydrogen (secondary N) is 1. The molecule has 0 radical (unpaired) electrons. The Bertz CT molecular complexity index is 52.8. The van der Waals surface area contributed by atoms with Crippen LogP contribution in [0.1, 0.15) is 0 Å². The van der Waals surface area contributed by atoms with E-state index in [-0.39, 0.29) is 12.3 Å². The zero-order chi connectivity index (χ0) is 4.99. The maximum Gasteiger partial charge on any atom is 0.100 e. The van der Waals surface area contributed by atoms with E-state index < -0.39 is 0 Å². The highest BCUT2D eigenvalue weighted by atomic mass is 16.3. The van der Waals surface area contributed by atoms with Crippen LogP contribution >= 0.6 is 0 Å². The van der Waals surface area contributed by atoms with Crippen molar-refractivity contribution in [2.45, 2.75) is 0 Å². The standard InChI is InChI=1S/C3H8N2O/c1-3(6)2-5-4/h5-6H,1-2,4H2. The third-order valence-corrected chi connectivity index (χ3v) is 0.306. The highest BCUT2D eigenvalue weighted by Crippen LogP contribution is 1.70. The summed E-state index contributed by atoms with van der Waals surface area (Å²) in [5.74, 6) is 4.81. The van der Waals surface area contributed by atoms with Gasteiger partial charge in [0.1, 0.15) is 5.76 Å². The van der Waals surface area contributed by atoms with Gasteiger partial charge in [0.15, 0.2) is 0 Å². The monoisotopic (exact) mass is 88.1 g/mol. The van der Waals surface area contributed by atoms with Crippen molar-refractivity contribution >= 4 is 0 Å². The predicted molar refractivity (Wildman–Crippen MR) is 24.0 cm³/mol. The van der Waals surface area contributed by atoms with Gasteiger partial charge in [-0.25, -0.2) is 0 Å². The maximum atomic E-state index is 8.22. The molecule has 0 saturated heterocycles. The number of rotatable bonds is 2. The fourth-order valence-electron chi connectivity index (χ4n) is 0.118. The minimum atomic E-state index is 0.0532. The van der Waals surface area contributed by atoms with Crippen molar-refractivity contribution in [2.24, 2.45) is 5.84 Å². The first kappa shape index (κ1) is 5.46. The van der Waals surface area contributed by atoms with Gasteiger partial charge < -0.3 is 5.11 Å². The summed E-state index contributed by atoms with van der Waals surface area (Å²) in [6, 6.07) is 0. The van der Waals surface area contributed by atoms with E-state index in [4.69, 9.17) is 10.9 Å². The van der Waals surface area contributed by atoms with Gasteiger partial charge >= 0.3 is 0 Å². The van der Waals surface area contributed by atoms with Crippen molar-refractivity contribution in [1.82, 2.24) is 5.43 Å². The normalized spacial score (nSPS) is 8.17. The third kappa shape index (κ3) is 3.46. The molecular weight excluding hydrogens is 80.0 g/mol. The summed E-state index contributed by atoms with van der Waals surface area (Å²) in [6.07, 6.45) is 0. The molecule has 3 nitrogen and oxygen atoms in total. The SMILES string of the molecule is C=C(O)CNN. The predicted octanol–water partition coefficient (Wildman–Crippen LogP) is -0.479. The van der Waals surface area contributed by atoms with Crippen molar-refractivity contribution in [2.75, 3.05) is 6.54 Å². The molecule has 0 spiro atoms. The van der Waals surface area contributed by atoms with Crippen molar-refractivity contribution in [3.05, 3.63) is 12.3 Å². The summed E-state index contributed by atoms with van der Waals surface area (Å²) in [5.41, 5.74) is 2.22. The summed E-state index contributed by atoms with van der Waals surface area (Å²) in [7, 11) is 0. The summed E-state index contributed by atoms with van der Waals surface area (Å²) >= 11 is 0. The quantitative estimate of drug-likeness (QED) is 0.243. The second-order valence-corrected chi connectivity index (χ2v) is 0.947. The Kier molecular flexibility index (Phi) is 2.44. The van der Waals surface area contributed by atoms with E-state index in [0.29, 0.717) is 0 Å². The van der Waals surface area contributed by atoms with Crippen LogP contribution in [-0.2, 0) is 0 Å². The Balaban J connectivity index is 2.83. The van der Waals surface area contributed by atoms with Gasteiger partial charge in [0.25, 0.3) is 0 Å². The van der Waals surface area contributed by atoms with E-state index in [1.165, 1.54) is 0 Å². The molecule has 0 aliphatic carbocycles. The summed E-state index contributed by atoms with van der Waals surface area (Å²) in [5, 5.41) is 8.22. The molecule has 0 amide bonds. The Labute approximate surface area is 36.4 Å². The molecule has 0 aliphatic rings. The molecule has 0 fully saturated rings. The molecule has 0 aliphatic heterocycles. The maximum absolute atomic E-state index is 8.22. The van der Waals surface area contributed by atoms with Crippen LogP contribution in [0, 0.1) is 0 Å². The summed E-state index contributed by atoms with van der Waals surface area (Å²) in [4.78, 5) is 0. The van der Waals surface area contributed by atoms with Crippen LogP contribution in [0.5, 0.6) is 0 Å². The number of aliphatic hydroxyl groups excluding tert-OH is 1. The topological polar surface area (TPSA) is 58.3 Å². The number of hydrazine groups is 1. The molecule has 3 heteroatoms. The third-order valence-electron chi connectivity index (χ3n) is 0.306. The van der Waals surface area contributed by atoms with E-state index in [9.17, 15) is 0 Å². The second-order valence-electron chi connectivity index (χ2n) is 0.947.